The number of likely N-dealkylation sites (N-methyl/N-ethyl adjacent to an activating group) is 3. The molecule has 17 N–H and O–H groups in total. The fourth-order valence-corrected chi connectivity index (χ4v) is 16.6. The van der Waals surface area contributed by atoms with Gasteiger partial charge in [-0.15, -0.1) is 11.8 Å². The van der Waals surface area contributed by atoms with Crippen molar-refractivity contribution in [1.82, 2.24) is 77.3 Å². The predicted octanol–water partition coefficient (Wildman–Crippen LogP) is 0.265. The summed E-state index contributed by atoms with van der Waals surface area (Å²) >= 11 is 0.644. The van der Waals surface area contributed by atoms with E-state index in [2.05, 4.69) is 52.8 Å². The lowest BCUT2D eigenvalue weighted by Crippen LogP contribution is -2.65. The van der Waals surface area contributed by atoms with E-state index in [1.165, 1.54) is 59.3 Å². The highest BCUT2D eigenvalue weighted by Gasteiger charge is 2.47. The first-order chi connectivity index (χ1) is 63.4. The minimum atomic E-state index is -1.97. The molecule has 5 aromatic carbocycles. The van der Waals surface area contributed by atoms with Crippen LogP contribution in [0.1, 0.15) is 106 Å². The Labute approximate surface area is 768 Å². The average Bonchev–Trinajstić information content (AvgIpc) is 1.55. The van der Waals surface area contributed by atoms with Crippen LogP contribution in [-0.4, -0.2) is 296 Å². The van der Waals surface area contributed by atoms with E-state index in [1.807, 2.05) is 0 Å². The second-order valence-electron chi connectivity index (χ2n) is 33.3. The van der Waals surface area contributed by atoms with Crippen molar-refractivity contribution in [2.45, 2.75) is 189 Å². The smallest absolute Gasteiger partial charge is 0.305 e. The van der Waals surface area contributed by atoms with Crippen molar-refractivity contribution in [3.8, 4) is 5.75 Å². The number of phenolic OH excluding ortho intramolecular Hbond substituents is 1. The third-order valence-corrected chi connectivity index (χ3v) is 24.3. The van der Waals surface area contributed by atoms with Gasteiger partial charge in [-0.2, -0.15) is 0 Å². The summed E-state index contributed by atoms with van der Waals surface area (Å²) in [5.41, 5.74) is 13.3. The quantitative estimate of drug-likeness (QED) is 0.0342. The number of unbranched alkanes of at least 4 members (excludes halogenated alkanes) is 1. The van der Waals surface area contributed by atoms with Crippen molar-refractivity contribution in [3.63, 3.8) is 0 Å². The van der Waals surface area contributed by atoms with E-state index < -0.39 is 259 Å². The number of carboxylic acid groups (broad SMARTS) is 2. The molecule has 9 rings (SSSR count). The number of H-pyrrole nitrogens is 1. The van der Waals surface area contributed by atoms with Gasteiger partial charge < -0.3 is 109 Å². The molecule has 15 amide bonds. The van der Waals surface area contributed by atoms with Crippen LogP contribution in [0.2, 0.25) is 0 Å². The number of rotatable bonds is 25. The van der Waals surface area contributed by atoms with Gasteiger partial charge in [0.05, 0.1) is 31.9 Å². The second-order valence-corrected chi connectivity index (χ2v) is 34.3. The Hall–Kier alpha value is -13.5. The van der Waals surface area contributed by atoms with Crippen LogP contribution in [0.4, 0.5) is 13.2 Å². The van der Waals surface area contributed by atoms with Crippen molar-refractivity contribution in [2.24, 2.45) is 17.4 Å². The molecule has 0 spiro atoms. The van der Waals surface area contributed by atoms with Crippen LogP contribution >= 0.6 is 11.8 Å². The van der Waals surface area contributed by atoms with Gasteiger partial charge in [0, 0.05) is 95.6 Å². The molecule has 3 aliphatic heterocycles. The summed E-state index contributed by atoms with van der Waals surface area (Å²) in [6.07, 6.45) is -2.73. The summed E-state index contributed by atoms with van der Waals surface area (Å²) < 4.78 is 50.8. The molecule has 0 radical (unpaired) electrons. The zero-order chi connectivity index (χ0) is 97.0. The summed E-state index contributed by atoms with van der Waals surface area (Å²) in [5, 5.41) is 54.5. The van der Waals surface area contributed by atoms with Gasteiger partial charge in [-0.3, -0.25) is 81.5 Å². The van der Waals surface area contributed by atoms with Crippen LogP contribution in [-0.2, 0) is 118 Å². The number of para-hydroxylation sites is 1. The van der Waals surface area contributed by atoms with E-state index in [1.54, 1.807) is 98.0 Å². The highest BCUT2D eigenvalue weighted by molar-refractivity contribution is 8.00. The fraction of sp³-hybridized carbons (Fsp3) is 0.462. The minimum absolute atomic E-state index is 0.00838. The van der Waals surface area contributed by atoms with E-state index in [0.29, 0.717) is 63.5 Å². The van der Waals surface area contributed by atoms with Crippen LogP contribution in [0.5, 0.6) is 5.75 Å². The van der Waals surface area contributed by atoms with Gasteiger partial charge in [0.2, 0.25) is 88.6 Å². The second kappa shape index (κ2) is 49.1. The third-order valence-electron chi connectivity index (χ3n) is 23.3. The fourth-order valence-electron chi connectivity index (χ4n) is 15.8. The molecule has 1 aromatic heterocycles. The monoisotopic (exact) mass is 1870 g/mol. The maximum atomic E-state index is 15.6. The lowest BCUT2D eigenvalue weighted by molar-refractivity contribution is -0.157. The molecule has 3 fully saturated rings. The molecular weight excluding hydrogens is 1760 g/mol. The molecule has 42 heteroatoms. The Morgan fingerprint density at radius 1 is 0.534 bits per heavy atom. The number of aromatic hydroxyl groups is 1. The summed E-state index contributed by atoms with van der Waals surface area (Å²) in [6, 6.07) is 7.91. The normalized spacial score (nSPS) is 23.5. The number of carbonyl (C=O) groups excluding carboxylic acids is 15. The summed E-state index contributed by atoms with van der Waals surface area (Å²) in [6.45, 7) is 2.65. The molecule has 716 valence electrons. The Morgan fingerprint density at radius 3 is 1.69 bits per heavy atom. The number of nitrogens with zero attached hydrogens (tertiary/aromatic N) is 5. The number of primary amides is 1. The number of nitrogens with one attached hydrogen (secondary N) is 10. The number of carboxylic acids is 2. The number of morpholine rings is 1. The number of halogens is 3. The molecule has 0 unspecified atom stereocenters. The molecule has 6 aromatic rings. The first kappa shape index (κ1) is 103. The van der Waals surface area contributed by atoms with Crippen LogP contribution < -0.4 is 59.3 Å². The average molecular weight is 1870 g/mol. The van der Waals surface area contributed by atoms with Gasteiger partial charge in [-0.05, 0) is 103 Å². The Kier molecular flexibility index (Phi) is 38.1. The Morgan fingerprint density at radius 2 is 1.08 bits per heavy atom. The van der Waals surface area contributed by atoms with Crippen LogP contribution in [0.3, 0.4) is 0 Å². The minimum Gasteiger partial charge on any atom is -0.508 e. The van der Waals surface area contributed by atoms with E-state index >= 15 is 51.9 Å². The number of hydrogen-bond acceptors (Lipinski definition) is 21. The number of carbonyl (C=O) groups is 17. The first-order valence-electron chi connectivity index (χ1n) is 43.6. The van der Waals surface area contributed by atoms with Gasteiger partial charge in [0.15, 0.2) is 17.5 Å². The number of fused-ring (bicyclic) bond motifs is 3. The lowest BCUT2D eigenvalue weighted by atomic mass is 9.96. The summed E-state index contributed by atoms with van der Waals surface area (Å²) in [5.74, 6) is -26.1. The van der Waals surface area contributed by atoms with E-state index in [9.17, 15) is 58.1 Å². The zero-order valence-electron chi connectivity index (χ0n) is 74.4. The molecule has 38 nitrogen and oxygen atoms in total. The number of hydrogen-bond donors (Lipinski definition) is 15. The maximum Gasteiger partial charge on any atom is 0.305 e. The SMILES string of the molecule is CCCC[C@H]1C(=O)N2CC[C@@H]2C(=O)N[C@@H](CC(=O)O)C(=O)N[C@@H](C(C)C)C(=O)N(C)[C@@H](Cc2ccccc2)C(=O)N[C@@H](CCC(=O)O)C(=O)N2CCOC[C@@H]2C(=O)N[C@H](Cc2c[nH]c3ccccc23)C(=O)N[C@@H](Cc2ccc(O)cc2)C(=O)N[C@@H](CCCN)C(=O)N[C@H](C(=O)NCC(N)=O)CSCC(=O)N[C@@H](Cc2cc(F)c(F)c(F)c2)C(=O)N(C)[C@@H](Cc2ccccc2)C(=O)N1C. The molecule has 0 bridgehead atoms. The van der Waals surface area contributed by atoms with Crippen molar-refractivity contribution >= 4 is 123 Å². The molecule has 4 heterocycles. The molecule has 0 aliphatic carbocycles. The number of aromatic nitrogens is 1. The summed E-state index contributed by atoms with van der Waals surface area (Å²) in [4.78, 5) is 257. The number of thioether (sulfide) groups is 1. The van der Waals surface area contributed by atoms with Crippen LogP contribution in [0.15, 0.2) is 128 Å². The Balaban J connectivity index is 1.13. The molecule has 133 heavy (non-hydrogen) atoms. The van der Waals surface area contributed by atoms with Gasteiger partial charge >= 0.3 is 11.9 Å². The van der Waals surface area contributed by atoms with E-state index in [0.717, 1.165) is 24.5 Å². The molecular formula is C91H114F3N17O21S. The third kappa shape index (κ3) is 28.7. The first-order valence-corrected chi connectivity index (χ1v) is 44.7. The number of benzene rings is 5. The van der Waals surface area contributed by atoms with Crippen molar-refractivity contribution in [3.05, 3.63) is 173 Å². The van der Waals surface area contributed by atoms with Gasteiger partial charge in [-0.1, -0.05) is 125 Å². The van der Waals surface area contributed by atoms with Gasteiger partial charge in [0.25, 0.3) is 0 Å². The number of aliphatic carboxylic acids is 2. The number of amides is 15. The van der Waals surface area contributed by atoms with Crippen molar-refractivity contribution in [1.29, 1.82) is 0 Å². The highest BCUT2D eigenvalue weighted by Crippen LogP contribution is 2.28. The molecule has 3 aliphatic rings. The summed E-state index contributed by atoms with van der Waals surface area (Å²) in [7, 11) is 3.65. The van der Waals surface area contributed by atoms with E-state index in [4.69, 9.17) is 16.2 Å². The van der Waals surface area contributed by atoms with Crippen molar-refractivity contribution < 1.29 is 115 Å². The van der Waals surface area contributed by atoms with Crippen LogP contribution in [0.25, 0.3) is 10.9 Å². The molecule has 3 saturated heterocycles. The lowest BCUT2D eigenvalue weighted by Gasteiger charge is -2.44. The topological polar surface area (TPSA) is 552 Å². The Bertz CT molecular complexity index is 5170. The van der Waals surface area contributed by atoms with Gasteiger partial charge in [-0.25, -0.2) is 13.2 Å². The number of nitrogens with two attached hydrogens (primary N) is 2. The number of ether oxygens (including phenoxy) is 1. The molecule has 13 atom stereocenters. The zero-order valence-corrected chi connectivity index (χ0v) is 75.2. The largest absolute Gasteiger partial charge is 0.508 e. The predicted molar refractivity (Wildman–Crippen MR) is 477 cm³/mol. The van der Waals surface area contributed by atoms with Crippen molar-refractivity contribution in [2.75, 3.05) is 72.0 Å². The standard InChI is InChI=1S/C91H114F3N17O21S/c1-7-8-25-69-90(130)110-34-32-68(110)84(124)104-65(44-76(117)118)83(123)106-78(50(2)3)91(131)108(5)70(41-51-18-11-9-12-19-51)85(125)101-62(30-31-75(115)116)88(128)111-35-36-132-47-72(111)86(126)103-64(43-55-45-97-60-23-16-15-22-57(55)60)82(122)102-63(39-53-26-28-56(112)29-27-53)81(121)100-61(24-17-33-95)80(120)105-67(79(119)98-46-73(96)113)48-133-49-74(114)99-66(40-54-37-58(92)77(94)59(93)38-54)87(127)109(6)71(89(129)107(69)4)42-52-20-13-10-14-21-52/h9-16,18-23,26-29,37-38,45,50,61-72,78,97,112H,7-8,17,24-25,30-36,39-44,46-49,95H2,1-6H3,(H2,96,113)(H,98,119)(H,99,114)(H,100,121)(H,101,125)(H,102,122)(H,103,126)(H,104,124)(H,105,120)(H,106,123)(H,115,116)(H,117,118)/t61-,62-,63-,64+,65-,66-,67-,68+,69-,70-,71-,72+,78-/m0/s1. The maximum absolute atomic E-state index is 15.6. The van der Waals surface area contributed by atoms with E-state index in [-0.39, 0.29) is 88.9 Å². The number of aromatic amines is 1. The van der Waals surface area contributed by atoms with Crippen LogP contribution in [0, 0.1) is 23.4 Å². The number of phenols is 1. The van der Waals surface area contributed by atoms with Gasteiger partial charge in [0.1, 0.15) is 84.3 Å². The molecule has 0 saturated carbocycles. The highest BCUT2D eigenvalue weighted by atomic mass is 32.2.